The summed E-state index contributed by atoms with van der Waals surface area (Å²) in [5.41, 5.74) is 4.58. The molecule has 0 radical (unpaired) electrons. The lowest BCUT2D eigenvalue weighted by molar-refractivity contribution is -0.112. The van der Waals surface area contributed by atoms with Crippen molar-refractivity contribution in [3.63, 3.8) is 0 Å². The summed E-state index contributed by atoms with van der Waals surface area (Å²) < 4.78 is 0. The van der Waals surface area contributed by atoms with Crippen LogP contribution in [0.5, 0.6) is 0 Å². The molecule has 2 rings (SSSR count). The van der Waals surface area contributed by atoms with E-state index in [1.165, 1.54) is 6.20 Å². The molecule has 5 heteroatoms. The molecule has 0 aromatic heterocycles. The smallest absolute Gasteiger partial charge is 0.267 e. The van der Waals surface area contributed by atoms with E-state index in [0.717, 1.165) is 22.3 Å². The third-order valence-corrected chi connectivity index (χ3v) is 3.98. The summed E-state index contributed by atoms with van der Waals surface area (Å²) in [5, 5.41) is 24.0. The van der Waals surface area contributed by atoms with Crippen LogP contribution in [0.1, 0.15) is 22.3 Å². The number of nitrogens with one attached hydrogen (secondary N) is 2. The van der Waals surface area contributed by atoms with Crippen LogP contribution in [0, 0.1) is 25.2 Å². The molecule has 0 atom stereocenters. The molecular formula is C20H21N3O2. The molecular weight excluding hydrogens is 314 g/mol. The van der Waals surface area contributed by atoms with Gasteiger partial charge in [-0.2, -0.15) is 5.26 Å². The van der Waals surface area contributed by atoms with Gasteiger partial charge < -0.3 is 15.7 Å². The second kappa shape index (κ2) is 8.67. The van der Waals surface area contributed by atoms with E-state index in [1.54, 1.807) is 0 Å². The highest BCUT2D eigenvalue weighted by molar-refractivity contribution is 6.06. The lowest BCUT2D eigenvalue weighted by Crippen LogP contribution is -2.17. The van der Waals surface area contributed by atoms with Crippen LogP contribution in [0.3, 0.4) is 0 Å². The van der Waals surface area contributed by atoms with Gasteiger partial charge in [-0.3, -0.25) is 4.79 Å². The predicted molar refractivity (Wildman–Crippen MR) is 97.4 cm³/mol. The number of nitriles is 1. The molecule has 0 aliphatic carbocycles. The Balaban J connectivity index is 2.00. The van der Waals surface area contributed by atoms with Gasteiger partial charge >= 0.3 is 0 Å². The number of nitrogens with zero attached hydrogens (tertiary/aromatic N) is 1. The molecule has 0 saturated heterocycles. The zero-order valence-corrected chi connectivity index (χ0v) is 14.3. The lowest BCUT2D eigenvalue weighted by atomic mass is 10.1. The quantitative estimate of drug-likeness (QED) is 0.560. The predicted octanol–water partition coefficient (Wildman–Crippen LogP) is 2.93. The normalized spacial score (nSPS) is 10.9. The fourth-order valence-electron chi connectivity index (χ4n) is 2.26. The molecule has 128 valence electrons. The Morgan fingerprint density at radius 1 is 1.16 bits per heavy atom. The first-order valence-corrected chi connectivity index (χ1v) is 7.95. The van der Waals surface area contributed by atoms with Crippen molar-refractivity contribution in [3.05, 3.63) is 76.5 Å². The summed E-state index contributed by atoms with van der Waals surface area (Å²) in [5.74, 6) is -0.445. The average Bonchev–Trinajstić information content (AvgIpc) is 2.63. The zero-order valence-electron chi connectivity index (χ0n) is 14.3. The van der Waals surface area contributed by atoms with Crippen LogP contribution in [-0.2, 0) is 17.9 Å². The topological polar surface area (TPSA) is 85.2 Å². The SMILES string of the molecule is Cc1cccc(NC(=O)/C(C#N)=C\NCc2ccc(CO)cc2)c1C. The molecule has 0 fully saturated rings. The molecule has 3 N–H and O–H groups in total. The Hall–Kier alpha value is -3.10. The minimum atomic E-state index is -0.445. The van der Waals surface area contributed by atoms with Gasteiger partial charge in [-0.1, -0.05) is 36.4 Å². The van der Waals surface area contributed by atoms with Gasteiger partial charge in [0, 0.05) is 18.4 Å². The molecule has 2 aromatic rings. The molecule has 0 aliphatic heterocycles. The number of benzene rings is 2. The van der Waals surface area contributed by atoms with Gasteiger partial charge in [-0.25, -0.2) is 0 Å². The Morgan fingerprint density at radius 2 is 1.84 bits per heavy atom. The van der Waals surface area contributed by atoms with Crippen LogP contribution in [0.4, 0.5) is 5.69 Å². The lowest BCUT2D eigenvalue weighted by Gasteiger charge is -2.10. The summed E-state index contributed by atoms with van der Waals surface area (Å²) in [4.78, 5) is 12.3. The third-order valence-electron chi connectivity index (χ3n) is 3.98. The first-order chi connectivity index (χ1) is 12.0. The number of hydrogen-bond donors (Lipinski definition) is 3. The van der Waals surface area contributed by atoms with Crippen molar-refractivity contribution in [2.45, 2.75) is 27.0 Å². The van der Waals surface area contributed by atoms with Gasteiger partial charge in [0.1, 0.15) is 11.6 Å². The monoisotopic (exact) mass is 335 g/mol. The van der Waals surface area contributed by atoms with Crippen LogP contribution in [0.15, 0.2) is 54.2 Å². The van der Waals surface area contributed by atoms with Crippen LogP contribution in [0.2, 0.25) is 0 Å². The molecule has 0 aliphatic rings. The van der Waals surface area contributed by atoms with Crippen molar-refractivity contribution in [2.75, 3.05) is 5.32 Å². The van der Waals surface area contributed by atoms with Crippen LogP contribution >= 0.6 is 0 Å². The van der Waals surface area contributed by atoms with Gasteiger partial charge in [0.05, 0.1) is 6.61 Å². The number of carbonyl (C=O) groups is 1. The molecule has 0 bridgehead atoms. The van der Waals surface area contributed by atoms with Gasteiger partial charge in [-0.15, -0.1) is 0 Å². The molecule has 0 heterocycles. The summed E-state index contributed by atoms with van der Waals surface area (Å²) >= 11 is 0. The fraction of sp³-hybridized carbons (Fsp3) is 0.200. The average molecular weight is 335 g/mol. The minimum absolute atomic E-state index is 0.00470. The van der Waals surface area contributed by atoms with Gasteiger partial charge in [0.25, 0.3) is 5.91 Å². The van der Waals surface area contributed by atoms with E-state index in [1.807, 2.05) is 62.4 Å². The van der Waals surface area contributed by atoms with Crippen LogP contribution in [0.25, 0.3) is 0 Å². The van der Waals surface area contributed by atoms with Crippen molar-refractivity contribution in [2.24, 2.45) is 0 Å². The van der Waals surface area contributed by atoms with Gasteiger partial charge in [0.2, 0.25) is 0 Å². The summed E-state index contributed by atoms with van der Waals surface area (Å²) in [6.07, 6.45) is 1.42. The number of aliphatic hydroxyl groups excluding tert-OH is 1. The fourth-order valence-corrected chi connectivity index (χ4v) is 2.26. The highest BCUT2D eigenvalue weighted by atomic mass is 16.3. The third kappa shape index (κ3) is 4.93. The minimum Gasteiger partial charge on any atom is -0.392 e. The molecule has 0 unspecified atom stereocenters. The van der Waals surface area contributed by atoms with Crippen molar-refractivity contribution in [1.29, 1.82) is 5.26 Å². The maximum Gasteiger partial charge on any atom is 0.267 e. The highest BCUT2D eigenvalue weighted by Crippen LogP contribution is 2.18. The zero-order chi connectivity index (χ0) is 18.2. The van der Waals surface area contributed by atoms with E-state index in [-0.39, 0.29) is 12.2 Å². The standard InChI is InChI=1S/C20H21N3O2/c1-14-4-3-5-19(15(14)2)23-20(25)18(10-21)12-22-11-16-6-8-17(13-24)9-7-16/h3-9,12,22,24H,11,13H2,1-2H3,(H,23,25)/b18-12-. The Labute approximate surface area is 147 Å². The van der Waals surface area contributed by atoms with Crippen molar-refractivity contribution < 1.29 is 9.90 Å². The summed E-state index contributed by atoms with van der Waals surface area (Å²) in [6, 6.07) is 15.0. The number of aliphatic hydroxyl groups is 1. The molecule has 0 saturated carbocycles. The first-order valence-electron chi connectivity index (χ1n) is 7.95. The molecule has 25 heavy (non-hydrogen) atoms. The van der Waals surface area contributed by atoms with Crippen LogP contribution in [-0.4, -0.2) is 11.0 Å². The van der Waals surface area contributed by atoms with Crippen LogP contribution < -0.4 is 10.6 Å². The van der Waals surface area contributed by atoms with Crippen molar-refractivity contribution >= 4 is 11.6 Å². The number of rotatable bonds is 6. The number of carbonyl (C=O) groups excluding carboxylic acids is 1. The first kappa shape index (κ1) is 18.2. The molecule has 1 amide bonds. The van der Waals surface area contributed by atoms with E-state index in [0.29, 0.717) is 12.2 Å². The second-order valence-corrected chi connectivity index (χ2v) is 5.73. The summed E-state index contributed by atoms with van der Waals surface area (Å²) in [6.45, 7) is 4.38. The maximum absolute atomic E-state index is 12.3. The van der Waals surface area contributed by atoms with E-state index in [2.05, 4.69) is 10.6 Å². The Kier molecular flexibility index (Phi) is 6.33. The van der Waals surface area contributed by atoms with Crippen molar-refractivity contribution in [3.8, 4) is 6.07 Å². The van der Waals surface area contributed by atoms with E-state index in [9.17, 15) is 10.1 Å². The number of amides is 1. The molecule has 5 nitrogen and oxygen atoms in total. The van der Waals surface area contributed by atoms with Gasteiger partial charge in [-0.05, 0) is 42.2 Å². The van der Waals surface area contributed by atoms with E-state index < -0.39 is 5.91 Å². The largest absolute Gasteiger partial charge is 0.392 e. The molecule has 2 aromatic carbocycles. The number of aryl methyl sites for hydroxylation is 1. The number of anilines is 1. The summed E-state index contributed by atoms with van der Waals surface area (Å²) in [7, 11) is 0. The Morgan fingerprint density at radius 3 is 2.48 bits per heavy atom. The van der Waals surface area contributed by atoms with Crippen molar-refractivity contribution in [1.82, 2.24) is 5.32 Å². The van der Waals surface area contributed by atoms with Gasteiger partial charge in [0.15, 0.2) is 0 Å². The van der Waals surface area contributed by atoms with E-state index in [4.69, 9.17) is 5.11 Å². The Bertz CT molecular complexity index is 818. The molecule has 0 spiro atoms. The number of hydrogen-bond acceptors (Lipinski definition) is 4. The second-order valence-electron chi connectivity index (χ2n) is 5.73. The van der Waals surface area contributed by atoms with E-state index >= 15 is 0 Å². The maximum atomic E-state index is 12.3. The highest BCUT2D eigenvalue weighted by Gasteiger charge is 2.11.